The Morgan fingerprint density at radius 1 is 1.42 bits per heavy atom. The van der Waals surface area contributed by atoms with Crippen molar-refractivity contribution in [3.8, 4) is 0 Å². The lowest BCUT2D eigenvalue weighted by atomic mass is 10.2. The molecule has 0 aliphatic carbocycles. The minimum absolute atomic E-state index is 0.0446. The number of esters is 1. The number of hydrogen-bond donors (Lipinski definition) is 1. The lowest BCUT2D eigenvalue weighted by molar-refractivity contribution is -0.144. The van der Waals surface area contributed by atoms with Gasteiger partial charge >= 0.3 is 5.97 Å². The summed E-state index contributed by atoms with van der Waals surface area (Å²) in [4.78, 5) is 23.3. The van der Waals surface area contributed by atoms with Gasteiger partial charge in [-0.1, -0.05) is 17.7 Å². The van der Waals surface area contributed by atoms with Gasteiger partial charge in [-0.3, -0.25) is 4.79 Å². The standard InChI is InChI=1S/C17H15ClFNO4/c1-11(15-3-2-8-23-15)20-16(21)10-24-17(22)7-5-12-4-6-14(19)13(18)9-12/h2-9,11H,10H2,1H3,(H,20,21)/b7-5+/t11-/m1/s1. The molecule has 1 aromatic carbocycles. The van der Waals surface area contributed by atoms with Crippen molar-refractivity contribution in [1.82, 2.24) is 5.32 Å². The molecule has 1 N–H and O–H groups in total. The topological polar surface area (TPSA) is 68.5 Å². The normalized spacial score (nSPS) is 12.1. The Morgan fingerprint density at radius 2 is 2.21 bits per heavy atom. The summed E-state index contributed by atoms with van der Waals surface area (Å²) in [5.74, 6) is -1.09. The Kier molecular flexibility index (Phi) is 6.14. The molecule has 126 valence electrons. The quantitative estimate of drug-likeness (QED) is 0.638. The molecule has 1 heterocycles. The SMILES string of the molecule is C[C@@H](NC(=O)COC(=O)/C=C/c1ccc(F)c(Cl)c1)c1ccco1. The number of halogens is 2. The van der Waals surface area contributed by atoms with Crippen molar-refractivity contribution in [2.45, 2.75) is 13.0 Å². The monoisotopic (exact) mass is 351 g/mol. The zero-order valence-corrected chi connectivity index (χ0v) is 13.5. The number of rotatable bonds is 6. The van der Waals surface area contributed by atoms with E-state index in [1.54, 1.807) is 19.1 Å². The number of carbonyl (C=O) groups excluding carboxylic acids is 2. The van der Waals surface area contributed by atoms with Crippen LogP contribution >= 0.6 is 11.6 Å². The van der Waals surface area contributed by atoms with Crippen LogP contribution in [0.25, 0.3) is 6.08 Å². The van der Waals surface area contributed by atoms with E-state index in [1.807, 2.05) is 0 Å². The van der Waals surface area contributed by atoms with E-state index in [-0.39, 0.29) is 11.1 Å². The largest absolute Gasteiger partial charge is 0.467 e. The van der Waals surface area contributed by atoms with Gasteiger partial charge in [0.2, 0.25) is 0 Å². The molecule has 0 radical (unpaired) electrons. The lowest BCUT2D eigenvalue weighted by Gasteiger charge is -2.11. The van der Waals surface area contributed by atoms with Gasteiger partial charge in [0, 0.05) is 6.08 Å². The molecule has 0 unspecified atom stereocenters. The summed E-state index contributed by atoms with van der Waals surface area (Å²) in [5.41, 5.74) is 0.536. The highest BCUT2D eigenvalue weighted by Gasteiger charge is 2.12. The summed E-state index contributed by atoms with van der Waals surface area (Å²) in [6, 6.07) is 7.14. The van der Waals surface area contributed by atoms with E-state index in [9.17, 15) is 14.0 Å². The molecule has 0 fully saturated rings. The Labute approximate surface area is 143 Å². The molecular weight excluding hydrogens is 337 g/mol. The Balaban J connectivity index is 1.78. The molecule has 0 spiro atoms. The number of benzene rings is 1. The van der Waals surface area contributed by atoms with Crippen molar-refractivity contribution in [2.75, 3.05) is 6.61 Å². The van der Waals surface area contributed by atoms with Crippen molar-refractivity contribution >= 4 is 29.6 Å². The molecule has 2 rings (SSSR count). The molecule has 0 bridgehead atoms. The molecule has 0 aliphatic heterocycles. The van der Waals surface area contributed by atoms with Crippen LogP contribution in [0.15, 0.2) is 47.1 Å². The van der Waals surface area contributed by atoms with Gasteiger partial charge in [-0.25, -0.2) is 9.18 Å². The fourth-order valence-electron chi connectivity index (χ4n) is 1.86. The van der Waals surface area contributed by atoms with Gasteiger partial charge in [0.25, 0.3) is 5.91 Å². The summed E-state index contributed by atoms with van der Waals surface area (Å²) in [6.45, 7) is 1.33. The molecule has 1 aromatic heterocycles. The third-order valence-corrected chi connectivity index (χ3v) is 3.34. The van der Waals surface area contributed by atoms with Crippen molar-refractivity contribution < 1.29 is 23.1 Å². The highest BCUT2D eigenvalue weighted by molar-refractivity contribution is 6.30. The summed E-state index contributed by atoms with van der Waals surface area (Å²) in [6.07, 6.45) is 4.05. The van der Waals surface area contributed by atoms with E-state index in [1.165, 1.54) is 30.5 Å². The minimum atomic E-state index is -0.698. The average Bonchev–Trinajstić information content (AvgIpc) is 3.08. The molecule has 1 atom stereocenters. The van der Waals surface area contributed by atoms with E-state index in [4.69, 9.17) is 20.8 Å². The summed E-state index contributed by atoms with van der Waals surface area (Å²) in [5, 5.41) is 2.59. The Hall–Kier alpha value is -2.60. The van der Waals surface area contributed by atoms with E-state index >= 15 is 0 Å². The molecule has 7 heteroatoms. The van der Waals surface area contributed by atoms with Crippen LogP contribution in [0.5, 0.6) is 0 Å². The molecule has 0 aliphatic rings. The van der Waals surface area contributed by atoms with Gasteiger partial charge in [-0.05, 0) is 42.8 Å². The van der Waals surface area contributed by atoms with E-state index in [0.717, 1.165) is 6.08 Å². The van der Waals surface area contributed by atoms with Crippen LogP contribution in [-0.4, -0.2) is 18.5 Å². The van der Waals surface area contributed by atoms with Crippen molar-refractivity contribution in [3.05, 3.63) is 64.8 Å². The van der Waals surface area contributed by atoms with Gasteiger partial charge < -0.3 is 14.5 Å². The predicted molar refractivity (Wildman–Crippen MR) is 86.7 cm³/mol. The maximum Gasteiger partial charge on any atom is 0.331 e. The highest BCUT2D eigenvalue weighted by atomic mass is 35.5. The van der Waals surface area contributed by atoms with E-state index < -0.39 is 24.3 Å². The van der Waals surface area contributed by atoms with Crippen LogP contribution in [0.2, 0.25) is 5.02 Å². The van der Waals surface area contributed by atoms with Crippen LogP contribution in [0.3, 0.4) is 0 Å². The maximum absolute atomic E-state index is 13.0. The van der Waals surface area contributed by atoms with Crippen LogP contribution in [0, 0.1) is 5.82 Å². The summed E-state index contributed by atoms with van der Waals surface area (Å²) >= 11 is 5.64. The van der Waals surface area contributed by atoms with E-state index in [0.29, 0.717) is 11.3 Å². The van der Waals surface area contributed by atoms with Crippen LogP contribution < -0.4 is 5.32 Å². The average molecular weight is 352 g/mol. The first-order chi connectivity index (χ1) is 11.5. The second-order valence-corrected chi connectivity index (χ2v) is 5.33. The second-order valence-electron chi connectivity index (χ2n) is 4.92. The molecule has 0 saturated carbocycles. The first-order valence-corrected chi connectivity index (χ1v) is 7.46. The fourth-order valence-corrected chi connectivity index (χ4v) is 2.05. The third-order valence-electron chi connectivity index (χ3n) is 3.05. The third kappa shape index (κ3) is 5.24. The maximum atomic E-state index is 13.0. The first kappa shape index (κ1) is 17.7. The second kappa shape index (κ2) is 8.31. The number of amides is 1. The Bertz CT molecular complexity index is 743. The number of hydrogen-bond acceptors (Lipinski definition) is 4. The summed E-state index contributed by atoms with van der Waals surface area (Å²) < 4.78 is 23.0. The highest BCUT2D eigenvalue weighted by Crippen LogP contribution is 2.16. The van der Waals surface area contributed by atoms with Gasteiger partial charge in [-0.15, -0.1) is 0 Å². The van der Waals surface area contributed by atoms with Crippen LogP contribution in [0.1, 0.15) is 24.3 Å². The van der Waals surface area contributed by atoms with Crippen molar-refractivity contribution in [1.29, 1.82) is 0 Å². The number of nitrogens with one attached hydrogen (secondary N) is 1. The van der Waals surface area contributed by atoms with Crippen LogP contribution in [0.4, 0.5) is 4.39 Å². The van der Waals surface area contributed by atoms with Gasteiger partial charge in [0.15, 0.2) is 6.61 Å². The molecular formula is C17H15ClFNO4. The number of carbonyl (C=O) groups is 2. The number of ether oxygens (including phenoxy) is 1. The van der Waals surface area contributed by atoms with Gasteiger partial charge in [0.1, 0.15) is 11.6 Å². The van der Waals surface area contributed by atoms with Gasteiger partial charge in [0.05, 0.1) is 17.3 Å². The molecule has 1 amide bonds. The smallest absolute Gasteiger partial charge is 0.331 e. The van der Waals surface area contributed by atoms with Crippen LogP contribution in [-0.2, 0) is 14.3 Å². The number of furan rings is 1. The zero-order valence-electron chi connectivity index (χ0n) is 12.8. The summed E-state index contributed by atoms with van der Waals surface area (Å²) in [7, 11) is 0. The van der Waals surface area contributed by atoms with Gasteiger partial charge in [-0.2, -0.15) is 0 Å². The van der Waals surface area contributed by atoms with Crippen molar-refractivity contribution in [3.63, 3.8) is 0 Å². The predicted octanol–water partition coefficient (Wildman–Crippen LogP) is 3.51. The molecule has 5 nitrogen and oxygen atoms in total. The lowest BCUT2D eigenvalue weighted by Crippen LogP contribution is -2.30. The Morgan fingerprint density at radius 3 is 2.88 bits per heavy atom. The van der Waals surface area contributed by atoms with E-state index in [2.05, 4.69) is 5.32 Å². The minimum Gasteiger partial charge on any atom is -0.467 e. The first-order valence-electron chi connectivity index (χ1n) is 7.08. The molecule has 24 heavy (non-hydrogen) atoms. The molecule has 2 aromatic rings. The zero-order chi connectivity index (χ0) is 17.5. The fraction of sp³-hybridized carbons (Fsp3) is 0.176. The van der Waals surface area contributed by atoms with Crippen molar-refractivity contribution in [2.24, 2.45) is 0 Å². The molecule has 0 saturated heterocycles.